The highest BCUT2D eigenvalue weighted by Crippen LogP contribution is 2.05. The Kier molecular flexibility index (Phi) is 182. The topological polar surface area (TPSA) is 265 Å². The van der Waals surface area contributed by atoms with E-state index in [0.717, 1.165) is 43.0 Å². The highest BCUT2D eigenvalue weighted by atomic mass is 32.2. The Hall–Kier alpha value is -7.17. The van der Waals surface area contributed by atoms with Crippen molar-refractivity contribution < 1.29 is 31.5 Å². The average molecular weight is 1280 g/mol. The van der Waals surface area contributed by atoms with E-state index in [2.05, 4.69) is 117 Å². The zero-order valence-electron chi connectivity index (χ0n) is 58.3. The number of ether oxygens (including phenoxy) is 3. The summed E-state index contributed by atoms with van der Waals surface area (Å²) in [6.07, 6.45) is 52.3. The fourth-order valence-corrected chi connectivity index (χ4v) is 4.28. The van der Waals surface area contributed by atoms with E-state index in [1.54, 1.807) is 72.8 Å². The first-order valence-electron chi connectivity index (χ1n) is 30.5. The van der Waals surface area contributed by atoms with Gasteiger partial charge in [-0.1, -0.05) is 203 Å². The monoisotopic (exact) mass is 1280 g/mol. The van der Waals surface area contributed by atoms with E-state index < -0.39 is 15.6 Å². The number of hydrogen-bond donors (Lipinski definition) is 5. The highest BCUT2D eigenvalue weighted by Gasteiger charge is 2.00. The molecule has 0 bridgehead atoms. The van der Waals surface area contributed by atoms with Gasteiger partial charge in [0.1, 0.15) is 25.1 Å². The molecule has 2 aliphatic carbocycles. The van der Waals surface area contributed by atoms with Gasteiger partial charge >= 0.3 is 5.76 Å². The molecular weight excluding hydrogens is 1160 g/mol. The third kappa shape index (κ3) is 149. The molecule has 0 radical (unpaired) electrons. The Morgan fingerprint density at radius 2 is 1.20 bits per heavy atom. The van der Waals surface area contributed by atoms with E-state index in [1.807, 2.05) is 190 Å². The summed E-state index contributed by atoms with van der Waals surface area (Å²) in [4.78, 5) is 25.8. The number of thiazole rings is 1. The second kappa shape index (κ2) is 143. The molecule has 19 nitrogen and oxygen atoms in total. The van der Waals surface area contributed by atoms with Gasteiger partial charge in [0.15, 0.2) is 16.2 Å². The number of oxazole rings is 2. The maximum absolute atomic E-state index is 10.3. The molecule has 506 valence electrons. The number of thiol groups is 1. The molecule has 4 N–H and O–H groups in total. The highest BCUT2D eigenvalue weighted by molar-refractivity contribution is 7.97. The first-order valence-corrected chi connectivity index (χ1v) is 33.5. The normalized spacial score (nSPS) is 11.0. The van der Waals surface area contributed by atoms with Gasteiger partial charge in [-0.15, -0.1) is 11.3 Å². The van der Waals surface area contributed by atoms with Crippen LogP contribution in [-0.4, -0.2) is 75.9 Å². The number of azo groups is 1. The van der Waals surface area contributed by atoms with Crippen molar-refractivity contribution in [3.05, 3.63) is 193 Å². The number of imidazole rings is 1. The van der Waals surface area contributed by atoms with E-state index in [1.165, 1.54) is 75.3 Å². The summed E-state index contributed by atoms with van der Waals surface area (Å²) in [5.41, 5.74) is 1.79. The third-order valence-electron chi connectivity index (χ3n) is 5.72. The predicted molar refractivity (Wildman–Crippen MR) is 385 cm³/mol. The molecule has 6 aliphatic rings. The van der Waals surface area contributed by atoms with Crippen LogP contribution < -0.4 is 5.76 Å². The van der Waals surface area contributed by atoms with Crippen molar-refractivity contribution in [3.8, 4) is 0 Å². The fraction of sp³-hybridized carbons (Fsp3) is 0.492. The van der Waals surface area contributed by atoms with Crippen molar-refractivity contribution in [2.24, 2.45) is 14.6 Å². The minimum Gasteiger partial charge on any atom is -0.501 e. The van der Waals surface area contributed by atoms with Crippen LogP contribution in [0.4, 0.5) is 0 Å². The van der Waals surface area contributed by atoms with Crippen LogP contribution in [0.15, 0.2) is 210 Å². The number of allylic oxidation sites excluding steroid dienone is 8. The minimum atomic E-state index is -2.91. The van der Waals surface area contributed by atoms with Gasteiger partial charge in [0.2, 0.25) is 6.79 Å². The molecule has 0 fully saturated rings. The van der Waals surface area contributed by atoms with Gasteiger partial charge in [-0.3, -0.25) is 15.1 Å². The number of H-pyrrole nitrogens is 3. The van der Waals surface area contributed by atoms with Gasteiger partial charge in [-0.2, -0.15) is 15.3 Å². The summed E-state index contributed by atoms with van der Waals surface area (Å²) in [5, 5.41) is 23.9. The van der Waals surface area contributed by atoms with E-state index >= 15 is 0 Å². The SMILES string of the molecule is C1=CCC=C1.C1=CCCC1.C1=CN=NC1.C1=COCC1.C1=COCO1.CC.CC.CC.CC.CC.CC.CC.CC.CC.CC.CC.CC.N=CC=NS.O=S1(=O)C=CC=C1.O=c1[nH]cco1.c1c[nH]cn1.c1cn[nH]c1.c1cocn1.c1cscn1. The zero-order valence-corrected chi connectivity index (χ0v) is 60.8. The summed E-state index contributed by atoms with van der Waals surface area (Å²) < 4.78 is 46.2. The number of nitrogens with zero attached hydrogens (tertiary/aromatic N) is 7. The fourth-order valence-electron chi connectivity index (χ4n) is 3.16. The smallest absolute Gasteiger partial charge is 0.416 e. The average Bonchev–Trinajstić information content (AvgIpc) is 4.49. The maximum Gasteiger partial charge on any atom is 0.416 e. The summed E-state index contributed by atoms with van der Waals surface area (Å²) in [6, 6.07) is 1.83. The van der Waals surface area contributed by atoms with Crippen molar-refractivity contribution in [3.63, 3.8) is 0 Å². The quantitative estimate of drug-likeness (QED) is 0.0596. The molecular formula is C65H125N11O8S3. The molecule has 5 aromatic rings. The second-order valence-electron chi connectivity index (χ2n) is 10.5. The van der Waals surface area contributed by atoms with Crippen LogP contribution in [0.3, 0.4) is 0 Å². The standard InChI is InChI=1S/C5H8.C5H6.C4H4O2S.C4H6O.3C3H4N2.C3H3NO2.C3H3NO.C3H3NS.C3H4O2.C2H4N2S.12C2H6/c2*1-2-4-5-3-1;5-7(6)3-1-2-4-7;1-2-4-5-3-1;1-2-5-3-4-1;2*1-2-4-5-3-1;5-3-4-1-2-6-3;3*1-2-5-3-4-1;3-1-2-4-5;12*1-2/h1-2H,3-5H2;1-4H,5H2;1-4H;1,3H,2,4H2;1-3H,(H,4,5);1-2H,3H2;1-3H,(H,4,5);1-2H,(H,4,5);2*1-3H;1-2H,3H2;1-3,5H;12*1-2H3. The molecule has 0 saturated carbocycles. The summed E-state index contributed by atoms with van der Waals surface area (Å²) in [6.45, 7) is 50.1. The molecule has 4 aliphatic heterocycles. The number of sulfone groups is 1. The number of aromatic nitrogens is 7. The van der Waals surface area contributed by atoms with E-state index in [0.29, 0.717) is 6.79 Å². The summed E-state index contributed by atoms with van der Waals surface area (Å²) >= 11 is 5.02. The molecule has 0 aromatic carbocycles. The predicted octanol–water partition coefficient (Wildman–Crippen LogP) is 21.5. The first kappa shape index (κ1) is 111. The Labute approximate surface area is 541 Å². The van der Waals surface area contributed by atoms with Crippen molar-refractivity contribution in [1.82, 2.24) is 35.1 Å². The largest absolute Gasteiger partial charge is 0.501 e. The van der Waals surface area contributed by atoms with Gasteiger partial charge in [0.05, 0.1) is 43.7 Å². The van der Waals surface area contributed by atoms with Crippen molar-refractivity contribution in [2.75, 3.05) is 19.9 Å². The zero-order chi connectivity index (χ0) is 69.7. The molecule has 22 heteroatoms. The van der Waals surface area contributed by atoms with Gasteiger partial charge in [0.25, 0.3) is 0 Å². The van der Waals surface area contributed by atoms with Crippen LogP contribution in [-0.2, 0) is 24.0 Å². The lowest BCUT2D eigenvalue weighted by molar-refractivity contribution is 0.0920. The van der Waals surface area contributed by atoms with Crippen molar-refractivity contribution in [1.29, 1.82) is 5.41 Å². The number of hydrogen-bond acceptors (Lipinski definition) is 18. The van der Waals surface area contributed by atoms with Crippen LogP contribution in [0.25, 0.3) is 0 Å². The maximum atomic E-state index is 10.3. The lowest BCUT2D eigenvalue weighted by Crippen LogP contribution is -1.91. The Balaban J connectivity index is -0.0000000606. The molecule has 9 heterocycles. The molecule has 0 spiro atoms. The van der Waals surface area contributed by atoms with Crippen LogP contribution in [0, 0.1) is 5.41 Å². The van der Waals surface area contributed by atoms with Crippen LogP contribution in [0.1, 0.15) is 198 Å². The molecule has 87 heavy (non-hydrogen) atoms. The summed E-state index contributed by atoms with van der Waals surface area (Å²) in [7, 11) is -2.91. The third-order valence-corrected chi connectivity index (χ3v) is 7.45. The second-order valence-corrected chi connectivity index (χ2v) is 13.2. The number of rotatable bonds is 1. The van der Waals surface area contributed by atoms with Gasteiger partial charge in [0, 0.05) is 72.2 Å². The van der Waals surface area contributed by atoms with Crippen LogP contribution in [0.5, 0.6) is 0 Å². The Morgan fingerprint density at radius 3 is 1.32 bits per heavy atom. The molecule has 0 unspecified atom stereocenters. The van der Waals surface area contributed by atoms with E-state index in [9.17, 15) is 13.2 Å². The van der Waals surface area contributed by atoms with Crippen molar-refractivity contribution in [2.45, 2.75) is 198 Å². The van der Waals surface area contributed by atoms with Crippen molar-refractivity contribution >= 4 is 46.4 Å². The Bertz CT molecular complexity index is 1810. The number of nitrogens with one attached hydrogen (secondary N) is 4. The molecule has 0 atom stereocenters. The molecule has 0 saturated heterocycles. The van der Waals surface area contributed by atoms with Crippen LogP contribution in [0.2, 0.25) is 0 Å². The minimum absolute atomic E-state index is 0.389. The van der Waals surface area contributed by atoms with Gasteiger partial charge in [-0.05, 0) is 68.9 Å². The lowest BCUT2D eigenvalue weighted by atomic mass is 10.4. The number of aromatic amines is 3. The van der Waals surface area contributed by atoms with E-state index in [4.69, 9.17) is 10.1 Å². The lowest BCUT2D eigenvalue weighted by Gasteiger charge is -1.82. The molecule has 11 rings (SSSR count). The molecule has 0 amide bonds. The van der Waals surface area contributed by atoms with Gasteiger partial charge in [-0.25, -0.2) is 27.6 Å². The first-order chi connectivity index (χ1) is 43.0. The summed E-state index contributed by atoms with van der Waals surface area (Å²) in [5.74, 6) is -0.407. The van der Waals surface area contributed by atoms with E-state index in [-0.39, 0.29) is 0 Å². The molecule has 5 aromatic heterocycles. The van der Waals surface area contributed by atoms with Gasteiger partial charge < -0.3 is 33.4 Å². The van der Waals surface area contributed by atoms with Crippen LogP contribution >= 0.6 is 24.2 Å². The Morgan fingerprint density at radius 1 is 0.621 bits per heavy atom.